The molecule has 0 unspecified atom stereocenters. The number of aromatic nitrogens is 1. The van der Waals surface area contributed by atoms with Crippen LogP contribution >= 0.6 is 11.6 Å². The zero-order chi connectivity index (χ0) is 14.9. The summed E-state index contributed by atoms with van der Waals surface area (Å²) in [5.74, 6) is -0.384. The maximum Gasteiger partial charge on any atom is 0.142 e. The molecule has 0 fully saturated rings. The maximum atomic E-state index is 14.2. The third-order valence-corrected chi connectivity index (χ3v) is 3.53. The van der Waals surface area contributed by atoms with Crippen molar-refractivity contribution in [2.75, 3.05) is 5.73 Å². The Morgan fingerprint density at radius 2 is 2.10 bits per heavy atom. The van der Waals surface area contributed by atoms with Crippen LogP contribution in [0, 0.1) is 24.1 Å². The lowest BCUT2D eigenvalue weighted by atomic mass is 9.92. The Labute approximate surface area is 121 Å². The summed E-state index contributed by atoms with van der Waals surface area (Å²) in [5, 5.41) is 9.57. The number of halogens is 2. The fourth-order valence-corrected chi connectivity index (χ4v) is 2.58. The second kappa shape index (κ2) is 5.48. The highest BCUT2D eigenvalue weighted by Gasteiger charge is 2.21. The second-order valence-corrected chi connectivity index (χ2v) is 4.78. The summed E-state index contributed by atoms with van der Waals surface area (Å²) in [5.41, 5.74) is 8.08. The molecule has 20 heavy (non-hydrogen) atoms. The van der Waals surface area contributed by atoms with Crippen LogP contribution in [-0.4, -0.2) is 4.98 Å². The molecule has 0 radical (unpaired) electrons. The number of hydrogen-bond acceptors (Lipinski definition) is 3. The SMILES string of the molecule is CCc1c(C)nc(N)c(C#N)c1-c1c(F)cccc1Cl. The average Bonchev–Trinajstić information content (AvgIpc) is 2.38. The smallest absolute Gasteiger partial charge is 0.142 e. The largest absolute Gasteiger partial charge is 0.383 e. The van der Waals surface area contributed by atoms with Crippen LogP contribution in [0.2, 0.25) is 5.02 Å². The molecule has 0 saturated carbocycles. The molecule has 3 nitrogen and oxygen atoms in total. The summed E-state index contributed by atoms with van der Waals surface area (Å²) in [6.07, 6.45) is 0.605. The summed E-state index contributed by atoms with van der Waals surface area (Å²) < 4.78 is 14.2. The highest BCUT2D eigenvalue weighted by molar-refractivity contribution is 6.33. The number of pyridine rings is 1. The van der Waals surface area contributed by atoms with Crippen molar-refractivity contribution >= 4 is 17.4 Å². The molecular weight excluding hydrogens is 277 g/mol. The minimum atomic E-state index is -0.478. The highest BCUT2D eigenvalue weighted by atomic mass is 35.5. The summed E-state index contributed by atoms with van der Waals surface area (Å²) in [6.45, 7) is 3.70. The molecule has 0 aliphatic heterocycles. The van der Waals surface area contributed by atoms with Gasteiger partial charge in [-0.1, -0.05) is 24.6 Å². The van der Waals surface area contributed by atoms with Gasteiger partial charge in [-0.05, 0) is 31.0 Å². The topological polar surface area (TPSA) is 62.7 Å². The third-order valence-electron chi connectivity index (χ3n) is 3.21. The summed E-state index contributed by atoms with van der Waals surface area (Å²) in [7, 11) is 0. The molecule has 2 rings (SSSR count). The molecule has 1 aromatic heterocycles. The van der Waals surface area contributed by atoms with Gasteiger partial charge in [-0.15, -0.1) is 0 Å². The van der Waals surface area contributed by atoms with Crippen molar-refractivity contribution in [3.8, 4) is 17.2 Å². The number of anilines is 1. The Morgan fingerprint density at radius 3 is 2.65 bits per heavy atom. The lowest BCUT2D eigenvalue weighted by molar-refractivity contribution is 0.631. The van der Waals surface area contributed by atoms with Gasteiger partial charge in [0.15, 0.2) is 0 Å². The Kier molecular flexibility index (Phi) is 3.91. The van der Waals surface area contributed by atoms with Crippen molar-refractivity contribution in [2.24, 2.45) is 0 Å². The van der Waals surface area contributed by atoms with Gasteiger partial charge in [0.2, 0.25) is 0 Å². The Balaban J connectivity index is 2.96. The molecule has 1 heterocycles. The third kappa shape index (κ3) is 2.21. The van der Waals surface area contributed by atoms with E-state index in [0.717, 1.165) is 5.56 Å². The molecule has 0 amide bonds. The fraction of sp³-hybridized carbons (Fsp3) is 0.200. The minimum Gasteiger partial charge on any atom is -0.383 e. The number of nitrogens with two attached hydrogens (primary N) is 1. The van der Waals surface area contributed by atoms with Crippen molar-refractivity contribution in [3.05, 3.63) is 45.9 Å². The molecular formula is C15H13ClFN3. The monoisotopic (exact) mass is 289 g/mol. The van der Waals surface area contributed by atoms with Crippen LogP contribution in [-0.2, 0) is 6.42 Å². The van der Waals surface area contributed by atoms with E-state index in [4.69, 9.17) is 17.3 Å². The first-order valence-electron chi connectivity index (χ1n) is 6.14. The first-order chi connectivity index (χ1) is 9.51. The van der Waals surface area contributed by atoms with Gasteiger partial charge in [0.05, 0.1) is 5.02 Å². The first-order valence-corrected chi connectivity index (χ1v) is 6.52. The normalized spacial score (nSPS) is 10.3. The fourth-order valence-electron chi connectivity index (χ4n) is 2.32. The number of hydrogen-bond donors (Lipinski definition) is 1. The van der Waals surface area contributed by atoms with Crippen molar-refractivity contribution in [2.45, 2.75) is 20.3 Å². The molecule has 0 spiro atoms. The van der Waals surface area contributed by atoms with E-state index >= 15 is 0 Å². The van der Waals surface area contributed by atoms with E-state index in [2.05, 4.69) is 4.98 Å². The molecule has 5 heteroatoms. The summed E-state index contributed by atoms with van der Waals surface area (Å²) >= 11 is 6.12. The predicted octanol–water partition coefficient (Wildman–Crippen LogP) is 3.87. The van der Waals surface area contributed by atoms with Crippen LogP contribution in [0.3, 0.4) is 0 Å². The number of nitriles is 1. The summed E-state index contributed by atoms with van der Waals surface area (Å²) in [6, 6.07) is 6.43. The quantitative estimate of drug-likeness (QED) is 0.913. The van der Waals surface area contributed by atoms with Crippen molar-refractivity contribution in [1.82, 2.24) is 4.98 Å². The minimum absolute atomic E-state index is 0.0940. The van der Waals surface area contributed by atoms with E-state index in [1.807, 2.05) is 13.0 Å². The number of benzene rings is 1. The number of rotatable bonds is 2. The van der Waals surface area contributed by atoms with E-state index in [0.29, 0.717) is 17.7 Å². The molecule has 2 N–H and O–H groups in total. The van der Waals surface area contributed by atoms with Gasteiger partial charge in [-0.25, -0.2) is 9.37 Å². The molecule has 0 atom stereocenters. The Bertz CT molecular complexity index is 700. The van der Waals surface area contributed by atoms with Crippen LogP contribution < -0.4 is 5.73 Å². The Hall–Kier alpha value is -2.12. The first kappa shape index (κ1) is 14.3. The molecule has 0 aliphatic rings. The van der Waals surface area contributed by atoms with E-state index in [1.165, 1.54) is 12.1 Å². The van der Waals surface area contributed by atoms with Gasteiger partial charge < -0.3 is 5.73 Å². The van der Waals surface area contributed by atoms with Crippen molar-refractivity contribution in [1.29, 1.82) is 5.26 Å². The van der Waals surface area contributed by atoms with E-state index in [9.17, 15) is 9.65 Å². The van der Waals surface area contributed by atoms with E-state index < -0.39 is 5.82 Å². The molecule has 0 bridgehead atoms. The van der Waals surface area contributed by atoms with Crippen LogP contribution in [0.5, 0.6) is 0 Å². The van der Waals surface area contributed by atoms with Crippen LogP contribution in [0.4, 0.5) is 10.2 Å². The van der Waals surface area contributed by atoms with Crippen LogP contribution in [0.25, 0.3) is 11.1 Å². The van der Waals surface area contributed by atoms with Crippen LogP contribution in [0.1, 0.15) is 23.7 Å². The van der Waals surface area contributed by atoms with Crippen molar-refractivity contribution < 1.29 is 4.39 Å². The number of nitrogens with zero attached hydrogens (tertiary/aromatic N) is 2. The van der Waals surface area contributed by atoms with Gasteiger partial charge in [0, 0.05) is 16.8 Å². The van der Waals surface area contributed by atoms with Gasteiger partial charge in [0.1, 0.15) is 23.3 Å². The molecule has 0 saturated heterocycles. The molecule has 0 aliphatic carbocycles. The number of aryl methyl sites for hydroxylation is 1. The van der Waals surface area contributed by atoms with Crippen molar-refractivity contribution in [3.63, 3.8) is 0 Å². The molecule has 2 aromatic rings. The standard InChI is InChI=1S/C15H13ClFN3/c1-3-9-8(2)20-15(19)10(7-18)13(9)14-11(16)5-4-6-12(14)17/h4-6H,3H2,1-2H3,(H2,19,20). The number of nitrogen functional groups attached to an aromatic ring is 1. The predicted molar refractivity (Wildman–Crippen MR) is 77.9 cm³/mol. The molecule has 1 aromatic carbocycles. The van der Waals surface area contributed by atoms with E-state index in [-0.39, 0.29) is 22.0 Å². The van der Waals surface area contributed by atoms with Gasteiger partial charge in [0.25, 0.3) is 0 Å². The van der Waals surface area contributed by atoms with Crippen LogP contribution in [0.15, 0.2) is 18.2 Å². The van der Waals surface area contributed by atoms with Gasteiger partial charge in [-0.2, -0.15) is 5.26 Å². The maximum absolute atomic E-state index is 14.2. The van der Waals surface area contributed by atoms with Gasteiger partial charge in [-0.3, -0.25) is 0 Å². The Morgan fingerprint density at radius 1 is 1.40 bits per heavy atom. The second-order valence-electron chi connectivity index (χ2n) is 4.37. The molecule has 102 valence electrons. The summed E-state index contributed by atoms with van der Waals surface area (Å²) in [4.78, 5) is 4.15. The zero-order valence-electron chi connectivity index (χ0n) is 11.2. The average molecular weight is 290 g/mol. The lowest BCUT2D eigenvalue weighted by Gasteiger charge is -2.16. The van der Waals surface area contributed by atoms with Gasteiger partial charge >= 0.3 is 0 Å². The van der Waals surface area contributed by atoms with E-state index in [1.54, 1.807) is 13.0 Å². The zero-order valence-corrected chi connectivity index (χ0v) is 11.9. The lowest BCUT2D eigenvalue weighted by Crippen LogP contribution is -2.06. The highest BCUT2D eigenvalue weighted by Crippen LogP contribution is 2.38.